The maximum absolute atomic E-state index is 6.14. The lowest BCUT2D eigenvalue weighted by atomic mass is 10.2. The second kappa shape index (κ2) is 7.62. The zero-order valence-electron chi connectivity index (χ0n) is 11.7. The SMILES string of the molecule is CC(C)NCc1cc(OCCc2cccs2)ncc1Cl. The third-order valence-corrected chi connectivity index (χ3v) is 4.07. The van der Waals surface area contributed by atoms with E-state index in [4.69, 9.17) is 16.3 Å². The van der Waals surface area contributed by atoms with Gasteiger partial charge in [0.2, 0.25) is 5.88 Å². The molecule has 0 radical (unpaired) electrons. The normalized spacial score (nSPS) is 11.0. The van der Waals surface area contributed by atoms with Crippen molar-refractivity contribution in [2.24, 2.45) is 0 Å². The summed E-state index contributed by atoms with van der Waals surface area (Å²) in [5, 5.41) is 6.09. The van der Waals surface area contributed by atoms with E-state index in [0.717, 1.165) is 18.5 Å². The van der Waals surface area contributed by atoms with Crippen LogP contribution >= 0.6 is 22.9 Å². The molecule has 0 fully saturated rings. The number of pyridine rings is 1. The number of nitrogens with zero attached hydrogens (tertiary/aromatic N) is 1. The first-order valence-corrected chi connectivity index (χ1v) is 7.94. The summed E-state index contributed by atoms with van der Waals surface area (Å²) in [4.78, 5) is 5.53. The third-order valence-electron chi connectivity index (χ3n) is 2.79. The van der Waals surface area contributed by atoms with E-state index in [9.17, 15) is 0 Å². The molecule has 0 aliphatic heterocycles. The Balaban J connectivity index is 1.89. The predicted octanol–water partition coefficient (Wildman–Crippen LogP) is 3.92. The Morgan fingerprint density at radius 1 is 1.45 bits per heavy atom. The summed E-state index contributed by atoms with van der Waals surface area (Å²) < 4.78 is 5.69. The first-order valence-electron chi connectivity index (χ1n) is 6.68. The smallest absolute Gasteiger partial charge is 0.213 e. The molecule has 0 unspecified atom stereocenters. The summed E-state index contributed by atoms with van der Waals surface area (Å²) in [5.74, 6) is 0.631. The van der Waals surface area contributed by atoms with Crippen LogP contribution < -0.4 is 10.1 Å². The first-order chi connectivity index (χ1) is 9.65. The molecule has 1 N–H and O–H groups in total. The summed E-state index contributed by atoms with van der Waals surface area (Å²) >= 11 is 7.88. The summed E-state index contributed by atoms with van der Waals surface area (Å²) in [6.45, 7) is 5.56. The van der Waals surface area contributed by atoms with Crippen molar-refractivity contribution in [1.82, 2.24) is 10.3 Å². The summed E-state index contributed by atoms with van der Waals surface area (Å²) in [6.07, 6.45) is 2.56. The standard InChI is InChI=1S/C15H19ClN2OS/c1-11(2)17-9-12-8-15(18-10-14(12)16)19-6-5-13-4-3-7-20-13/h3-4,7-8,10-11,17H,5-6,9H2,1-2H3. The van der Waals surface area contributed by atoms with Crippen molar-refractivity contribution in [2.45, 2.75) is 32.9 Å². The molecular formula is C15H19ClN2OS. The lowest BCUT2D eigenvalue weighted by Gasteiger charge is -2.11. The summed E-state index contributed by atoms with van der Waals surface area (Å²) in [7, 11) is 0. The van der Waals surface area contributed by atoms with Crippen molar-refractivity contribution in [1.29, 1.82) is 0 Å². The van der Waals surface area contributed by atoms with Gasteiger partial charge >= 0.3 is 0 Å². The van der Waals surface area contributed by atoms with E-state index in [-0.39, 0.29) is 0 Å². The molecular weight excluding hydrogens is 292 g/mol. The number of aromatic nitrogens is 1. The molecule has 3 nitrogen and oxygen atoms in total. The zero-order chi connectivity index (χ0) is 14.4. The molecule has 0 bridgehead atoms. The highest BCUT2D eigenvalue weighted by Gasteiger charge is 2.05. The Morgan fingerprint density at radius 3 is 3.00 bits per heavy atom. The Hall–Kier alpha value is -1.10. The molecule has 2 aromatic heterocycles. The fourth-order valence-corrected chi connectivity index (χ4v) is 2.56. The van der Waals surface area contributed by atoms with Crippen LogP contribution in [0.25, 0.3) is 0 Å². The van der Waals surface area contributed by atoms with Gasteiger partial charge in [0.1, 0.15) is 0 Å². The number of hydrogen-bond donors (Lipinski definition) is 1. The van der Waals surface area contributed by atoms with Crippen LogP contribution in [0.2, 0.25) is 5.02 Å². The van der Waals surface area contributed by atoms with Crippen molar-refractivity contribution in [3.8, 4) is 5.88 Å². The van der Waals surface area contributed by atoms with Crippen LogP contribution in [0.5, 0.6) is 5.88 Å². The fourth-order valence-electron chi connectivity index (χ4n) is 1.70. The summed E-state index contributed by atoms with van der Waals surface area (Å²) in [5.41, 5.74) is 1.02. The number of hydrogen-bond acceptors (Lipinski definition) is 4. The van der Waals surface area contributed by atoms with Gasteiger partial charge in [0.05, 0.1) is 11.6 Å². The summed E-state index contributed by atoms with van der Waals surface area (Å²) in [6, 6.07) is 6.49. The quantitative estimate of drug-likeness (QED) is 0.841. The Labute approximate surface area is 129 Å². The van der Waals surface area contributed by atoms with Crippen molar-refractivity contribution in [3.63, 3.8) is 0 Å². The van der Waals surface area contributed by atoms with E-state index in [1.165, 1.54) is 4.88 Å². The Morgan fingerprint density at radius 2 is 2.30 bits per heavy atom. The van der Waals surface area contributed by atoms with E-state index in [1.807, 2.05) is 6.07 Å². The van der Waals surface area contributed by atoms with Crippen LogP contribution in [-0.4, -0.2) is 17.6 Å². The van der Waals surface area contributed by atoms with Gasteiger partial charge in [-0.15, -0.1) is 11.3 Å². The minimum absolute atomic E-state index is 0.419. The number of ether oxygens (including phenoxy) is 1. The molecule has 0 aliphatic rings. The molecule has 2 aromatic rings. The maximum atomic E-state index is 6.14. The molecule has 0 spiro atoms. The van der Waals surface area contributed by atoms with Gasteiger partial charge in [-0.25, -0.2) is 4.98 Å². The molecule has 108 valence electrons. The van der Waals surface area contributed by atoms with Crippen molar-refractivity contribution >= 4 is 22.9 Å². The minimum atomic E-state index is 0.419. The van der Waals surface area contributed by atoms with Gasteiger partial charge in [0.25, 0.3) is 0 Å². The van der Waals surface area contributed by atoms with Gasteiger partial charge in [0.15, 0.2) is 0 Å². The predicted molar refractivity (Wildman–Crippen MR) is 84.7 cm³/mol. The van der Waals surface area contributed by atoms with Crippen LogP contribution in [0.3, 0.4) is 0 Å². The van der Waals surface area contributed by atoms with Gasteiger partial charge in [-0.3, -0.25) is 0 Å². The van der Waals surface area contributed by atoms with Crippen LogP contribution in [0.4, 0.5) is 0 Å². The second-order valence-electron chi connectivity index (χ2n) is 4.83. The lowest BCUT2D eigenvalue weighted by molar-refractivity contribution is 0.310. The molecule has 20 heavy (non-hydrogen) atoms. The van der Waals surface area contributed by atoms with E-state index < -0.39 is 0 Å². The maximum Gasteiger partial charge on any atom is 0.213 e. The van der Waals surface area contributed by atoms with Crippen molar-refractivity contribution in [3.05, 3.63) is 45.2 Å². The molecule has 0 saturated carbocycles. The Bertz CT molecular complexity index is 529. The van der Waals surface area contributed by atoms with E-state index in [0.29, 0.717) is 23.6 Å². The second-order valence-corrected chi connectivity index (χ2v) is 6.27. The van der Waals surface area contributed by atoms with E-state index in [1.54, 1.807) is 17.5 Å². The van der Waals surface area contributed by atoms with Gasteiger partial charge in [-0.1, -0.05) is 31.5 Å². The van der Waals surface area contributed by atoms with Crippen LogP contribution in [-0.2, 0) is 13.0 Å². The average molecular weight is 311 g/mol. The zero-order valence-corrected chi connectivity index (χ0v) is 13.3. The first kappa shape index (κ1) is 15.3. The van der Waals surface area contributed by atoms with Crippen LogP contribution in [0.15, 0.2) is 29.8 Å². The van der Waals surface area contributed by atoms with E-state index >= 15 is 0 Å². The van der Waals surface area contributed by atoms with Crippen LogP contribution in [0, 0.1) is 0 Å². The number of rotatable bonds is 7. The minimum Gasteiger partial charge on any atom is -0.477 e. The van der Waals surface area contributed by atoms with Gasteiger partial charge < -0.3 is 10.1 Å². The number of thiophene rings is 1. The van der Waals surface area contributed by atoms with Gasteiger partial charge in [-0.2, -0.15) is 0 Å². The van der Waals surface area contributed by atoms with Gasteiger partial charge in [-0.05, 0) is 17.0 Å². The topological polar surface area (TPSA) is 34.1 Å². The average Bonchev–Trinajstić information content (AvgIpc) is 2.92. The highest BCUT2D eigenvalue weighted by molar-refractivity contribution is 7.09. The molecule has 0 aromatic carbocycles. The number of nitrogens with one attached hydrogen (secondary N) is 1. The van der Waals surface area contributed by atoms with Crippen molar-refractivity contribution < 1.29 is 4.74 Å². The fraction of sp³-hybridized carbons (Fsp3) is 0.400. The molecule has 0 atom stereocenters. The third kappa shape index (κ3) is 4.78. The Kier molecular flexibility index (Phi) is 5.83. The molecule has 0 aliphatic carbocycles. The highest BCUT2D eigenvalue weighted by Crippen LogP contribution is 2.19. The lowest BCUT2D eigenvalue weighted by Crippen LogP contribution is -2.22. The molecule has 5 heteroatoms. The highest BCUT2D eigenvalue weighted by atomic mass is 35.5. The molecule has 2 rings (SSSR count). The van der Waals surface area contributed by atoms with Gasteiger partial charge in [0, 0.05) is 36.1 Å². The number of halogens is 1. The molecule has 0 amide bonds. The molecule has 0 saturated heterocycles. The van der Waals surface area contributed by atoms with Crippen molar-refractivity contribution in [2.75, 3.05) is 6.61 Å². The van der Waals surface area contributed by atoms with E-state index in [2.05, 4.69) is 41.7 Å². The van der Waals surface area contributed by atoms with Crippen LogP contribution in [0.1, 0.15) is 24.3 Å². The largest absolute Gasteiger partial charge is 0.477 e. The molecule has 2 heterocycles. The monoisotopic (exact) mass is 310 g/mol.